The van der Waals surface area contributed by atoms with E-state index >= 15 is 0 Å². The van der Waals surface area contributed by atoms with E-state index in [1.807, 2.05) is 39.0 Å². The number of nitrogens with one attached hydrogen (secondary N) is 1. The van der Waals surface area contributed by atoms with Gasteiger partial charge in [-0.05, 0) is 49.4 Å². The SMILES string of the molecule is CC(C)(C)NC(=O)OCc1cc(N)ccc1C(C)(C)C. The molecule has 0 radical (unpaired) electrons. The molecule has 1 amide bonds. The Balaban J connectivity index is 2.82. The lowest BCUT2D eigenvalue weighted by molar-refractivity contribution is 0.130. The molecule has 3 N–H and O–H groups in total. The van der Waals surface area contributed by atoms with Gasteiger partial charge in [0.15, 0.2) is 0 Å². The van der Waals surface area contributed by atoms with Crippen molar-refractivity contribution in [1.29, 1.82) is 0 Å². The van der Waals surface area contributed by atoms with Gasteiger partial charge in [0.2, 0.25) is 0 Å². The summed E-state index contributed by atoms with van der Waals surface area (Å²) in [6, 6.07) is 5.74. The van der Waals surface area contributed by atoms with Gasteiger partial charge in [0.1, 0.15) is 6.61 Å². The second-order valence-corrected chi connectivity index (χ2v) is 7.12. The van der Waals surface area contributed by atoms with E-state index in [2.05, 4.69) is 26.1 Å². The van der Waals surface area contributed by atoms with Gasteiger partial charge in [0, 0.05) is 11.2 Å². The number of hydrogen-bond donors (Lipinski definition) is 2. The molecule has 1 aromatic carbocycles. The molecule has 0 spiro atoms. The lowest BCUT2D eigenvalue weighted by Crippen LogP contribution is -2.40. The number of rotatable bonds is 2. The maximum Gasteiger partial charge on any atom is 0.407 e. The molecule has 0 heterocycles. The van der Waals surface area contributed by atoms with Gasteiger partial charge in [0.05, 0.1) is 0 Å². The molecule has 4 nitrogen and oxygen atoms in total. The van der Waals surface area contributed by atoms with E-state index in [-0.39, 0.29) is 17.6 Å². The number of alkyl carbamates (subject to hydrolysis) is 1. The number of benzene rings is 1. The smallest absolute Gasteiger partial charge is 0.407 e. The molecule has 0 saturated heterocycles. The van der Waals surface area contributed by atoms with E-state index in [1.165, 1.54) is 0 Å². The normalized spacial score (nSPS) is 12.1. The average Bonchev–Trinajstić information content (AvgIpc) is 2.22. The highest BCUT2D eigenvalue weighted by atomic mass is 16.5. The van der Waals surface area contributed by atoms with Crippen molar-refractivity contribution >= 4 is 11.8 Å². The second-order valence-electron chi connectivity index (χ2n) is 7.12. The van der Waals surface area contributed by atoms with Crippen molar-refractivity contribution in [3.8, 4) is 0 Å². The van der Waals surface area contributed by atoms with Crippen molar-refractivity contribution in [2.24, 2.45) is 0 Å². The zero-order chi connectivity index (χ0) is 15.6. The Labute approximate surface area is 121 Å². The van der Waals surface area contributed by atoms with Gasteiger partial charge >= 0.3 is 6.09 Å². The third-order valence-corrected chi connectivity index (χ3v) is 2.77. The Morgan fingerprint density at radius 2 is 1.80 bits per heavy atom. The number of carbonyl (C=O) groups excluding carboxylic acids is 1. The predicted octanol–water partition coefficient (Wildman–Crippen LogP) is 3.59. The van der Waals surface area contributed by atoms with Crippen LogP contribution in [0.15, 0.2) is 18.2 Å². The van der Waals surface area contributed by atoms with Crippen molar-refractivity contribution in [1.82, 2.24) is 5.32 Å². The summed E-state index contributed by atoms with van der Waals surface area (Å²) in [5.41, 5.74) is 8.25. The molecule has 0 unspecified atom stereocenters. The highest BCUT2D eigenvalue weighted by Crippen LogP contribution is 2.28. The topological polar surface area (TPSA) is 64.3 Å². The van der Waals surface area contributed by atoms with Crippen LogP contribution in [0.2, 0.25) is 0 Å². The number of amides is 1. The first-order valence-corrected chi connectivity index (χ1v) is 6.83. The number of carbonyl (C=O) groups is 1. The van der Waals surface area contributed by atoms with Crippen LogP contribution in [0.4, 0.5) is 10.5 Å². The summed E-state index contributed by atoms with van der Waals surface area (Å²) in [5, 5.41) is 2.77. The van der Waals surface area contributed by atoms with Gasteiger partial charge in [-0.25, -0.2) is 4.79 Å². The van der Waals surface area contributed by atoms with Crippen molar-refractivity contribution in [2.45, 2.75) is 59.1 Å². The van der Waals surface area contributed by atoms with Crippen molar-refractivity contribution in [2.75, 3.05) is 5.73 Å². The highest BCUT2D eigenvalue weighted by Gasteiger charge is 2.20. The van der Waals surface area contributed by atoms with E-state index in [1.54, 1.807) is 0 Å². The minimum Gasteiger partial charge on any atom is -0.445 e. The maximum absolute atomic E-state index is 11.7. The van der Waals surface area contributed by atoms with E-state index in [0.717, 1.165) is 11.1 Å². The monoisotopic (exact) mass is 278 g/mol. The molecule has 112 valence electrons. The van der Waals surface area contributed by atoms with Gasteiger partial charge in [0.25, 0.3) is 0 Å². The Kier molecular flexibility index (Phi) is 4.69. The molecule has 0 aliphatic rings. The lowest BCUT2D eigenvalue weighted by Gasteiger charge is -2.24. The van der Waals surface area contributed by atoms with Gasteiger partial charge in [-0.1, -0.05) is 26.8 Å². The first-order valence-electron chi connectivity index (χ1n) is 6.83. The van der Waals surface area contributed by atoms with E-state index in [4.69, 9.17) is 10.5 Å². The second kappa shape index (κ2) is 5.73. The summed E-state index contributed by atoms with van der Waals surface area (Å²) in [7, 11) is 0. The van der Waals surface area contributed by atoms with Crippen LogP contribution in [-0.4, -0.2) is 11.6 Å². The summed E-state index contributed by atoms with van der Waals surface area (Å²) in [6.07, 6.45) is -0.417. The molecule has 1 rings (SSSR count). The number of nitrogens with two attached hydrogens (primary N) is 1. The van der Waals surface area contributed by atoms with Crippen LogP contribution in [0.5, 0.6) is 0 Å². The van der Waals surface area contributed by atoms with Crippen molar-refractivity contribution in [3.63, 3.8) is 0 Å². The third kappa shape index (κ3) is 5.11. The van der Waals surface area contributed by atoms with Crippen LogP contribution >= 0.6 is 0 Å². The van der Waals surface area contributed by atoms with E-state index in [0.29, 0.717) is 5.69 Å². The fraction of sp³-hybridized carbons (Fsp3) is 0.562. The Bertz CT molecular complexity index is 482. The first-order chi connectivity index (χ1) is 8.99. The summed E-state index contributed by atoms with van der Waals surface area (Å²) in [5.74, 6) is 0. The van der Waals surface area contributed by atoms with Gasteiger partial charge in [-0.15, -0.1) is 0 Å². The van der Waals surface area contributed by atoms with Crippen LogP contribution in [-0.2, 0) is 16.8 Å². The van der Waals surface area contributed by atoms with Crippen LogP contribution in [0.3, 0.4) is 0 Å². The predicted molar refractivity (Wildman–Crippen MR) is 82.6 cm³/mol. The fourth-order valence-electron chi connectivity index (χ4n) is 1.95. The molecule has 0 bridgehead atoms. The summed E-state index contributed by atoms with van der Waals surface area (Å²) < 4.78 is 5.29. The number of nitrogen functional groups attached to an aromatic ring is 1. The molecule has 0 aliphatic heterocycles. The molecule has 0 saturated carbocycles. The zero-order valence-electron chi connectivity index (χ0n) is 13.3. The maximum atomic E-state index is 11.7. The van der Waals surface area contributed by atoms with Gasteiger partial charge in [-0.2, -0.15) is 0 Å². The molecular formula is C16H26N2O2. The molecule has 0 fully saturated rings. The Morgan fingerprint density at radius 3 is 2.30 bits per heavy atom. The summed E-state index contributed by atoms with van der Waals surface area (Å²) >= 11 is 0. The first kappa shape index (κ1) is 16.3. The third-order valence-electron chi connectivity index (χ3n) is 2.77. The van der Waals surface area contributed by atoms with Crippen LogP contribution < -0.4 is 11.1 Å². The average molecular weight is 278 g/mol. The van der Waals surface area contributed by atoms with E-state index in [9.17, 15) is 4.79 Å². The minimum absolute atomic E-state index is 0.0209. The van der Waals surface area contributed by atoms with Gasteiger partial charge < -0.3 is 15.8 Å². The zero-order valence-corrected chi connectivity index (χ0v) is 13.3. The number of ether oxygens (including phenoxy) is 1. The van der Waals surface area contributed by atoms with Crippen molar-refractivity contribution < 1.29 is 9.53 Å². The Morgan fingerprint density at radius 1 is 1.20 bits per heavy atom. The molecule has 0 aromatic heterocycles. The minimum atomic E-state index is -0.417. The molecule has 1 aromatic rings. The molecule has 4 heteroatoms. The summed E-state index contributed by atoms with van der Waals surface area (Å²) in [4.78, 5) is 11.7. The van der Waals surface area contributed by atoms with Crippen LogP contribution in [0.25, 0.3) is 0 Å². The summed E-state index contributed by atoms with van der Waals surface area (Å²) in [6.45, 7) is 12.3. The highest BCUT2D eigenvalue weighted by molar-refractivity contribution is 5.68. The largest absolute Gasteiger partial charge is 0.445 e. The molecular weight excluding hydrogens is 252 g/mol. The molecule has 20 heavy (non-hydrogen) atoms. The van der Waals surface area contributed by atoms with E-state index < -0.39 is 6.09 Å². The fourth-order valence-corrected chi connectivity index (χ4v) is 1.95. The number of hydrogen-bond acceptors (Lipinski definition) is 3. The standard InChI is InChI=1S/C16H26N2O2/c1-15(2,3)13-8-7-12(17)9-11(13)10-20-14(19)18-16(4,5)6/h7-9H,10,17H2,1-6H3,(H,18,19). The molecule has 0 atom stereocenters. The lowest BCUT2D eigenvalue weighted by atomic mass is 9.84. The van der Waals surface area contributed by atoms with Crippen LogP contribution in [0, 0.1) is 0 Å². The van der Waals surface area contributed by atoms with Crippen molar-refractivity contribution in [3.05, 3.63) is 29.3 Å². The number of anilines is 1. The van der Waals surface area contributed by atoms with Gasteiger partial charge in [-0.3, -0.25) is 0 Å². The Hall–Kier alpha value is -1.71. The van der Waals surface area contributed by atoms with Crippen LogP contribution in [0.1, 0.15) is 52.7 Å². The molecule has 0 aliphatic carbocycles. The quantitative estimate of drug-likeness (QED) is 0.812.